The molecule has 0 aliphatic carbocycles. The molecular weight excluding hydrogens is 210 g/mol. The number of ether oxygens (including phenoxy) is 1. The minimum Gasteiger partial charge on any atom is -0.489 e. The lowest BCUT2D eigenvalue weighted by atomic mass is 10.0. The van der Waals surface area contributed by atoms with Gasteiger partial charge in [-0.05, 0) is 26.3 Å². The van der Waals surface area contributed by atoms with Crippen LogP contribution < -0.4 is 10.1 Å². The van der Waals surface area contributed by atoms with Crippen molar-refractivity contribution in [2.75, 3.05) is 6.61 Å². The standard InChI is InChI=1S/C15H23NO/c1-5-11-17-14-10-8-7-9-13(14)12-16-15(3,4)6-2/h5,7-10,16H,1,6,11-12H2,2-4H3. The molecule has 0 unspecified atom stereocenters. The molecular formula is C15H23NO. The van der Waals surface area contributed by atoms with Gasteiger partial charge in [-0.1, -0.05) is 37.8 Å². The lowest BCUT2D eigenvalue weighted by Gasteiger charge is -2.25. The molecule has 0 fully saturated rings. The van der Waals surface area contributed by atoms with Crippen molar-refractivity contribution >= 4 is 0 Å². The van der Waals surface area contributed by atoms with Crippen molar-refractivity contribution in [2.24, 2.45) is 0 Å². The zero-order valence-electron chi connectivity index (χ0n) is 11.1. The van der Waals surface area contributed by atoms with Gasteiger partial charge in [0.15, 0.2) is 0 Å². The van der Waals surface area contributed by atoms with Crippen LogP contribution in [0.15, 0.2) is 36.9 Å². The molecule has 0 radical (unpaired) electrons. The monoisotopic (exact) mass is 233 g/mol. The van der Waals surface area contributed by atoms with E-state index in [1.54, 1.807) is 6.08 Å². The van der Waals surface area contributed by atoms with E-state index in [2.05, 4.69) is 38.7 Å². The molecule has 0 bridgehead atoms. The molecule has 1 aromatic rings. The van der Waals surface area contributed by atoms with Crippen LogP contribution in [-0.2, 0) is 6.54 Å². The van der Waals surface area contributed by atoms with E-state index in [0.717, 1.165) is 18.7 Å². The van der Waals surface area contributed by atoms with Crippen LogP contribution in [0.1, 0.15) is 32.8 Å². The topological polar surface area (TPSA) is 21.3 Å². The van der Waals surface area contributed by atoms with E-state index in [-0.39, 0.29) is 5.54 Å². The Hall–Kier alpha value is -1.28. The molecule has 1 aromatic carbocycles. The molecule has 94 valence electrons. The van der Waals surface area contributed by atoms with E-state index < -0.39 is 0 Å². The Bertz CT molecular complexity index is 358. The predicted octanol–water partition coefficient (Wildman–Crippen LogP) is 3.53. The molecule has 0 saturated heterocycles. The third-order valence-corrected chi connectivity index (χ3v) is 2.97. The van der Waals surface area contributed by atoms with E-state index in [1.807, 2.05) is 18.2 Å². The van der Waals surface area contributed by atoms with Gasteiger partial charge in [0.05, 0.1) is 0 Å². The van der Waals surface area contributed by atoms with E-state index in [9.17, 15) is 0 Å². The van der Waals surface area contributed by atoms with E-state index in [4.69, 9.17) is 4.74 Å². The van der Waals surface area contributed by atoms with Crippen molar-refractivity contribution in [1.29, 1.82) is 0 Å². The minimum absolute atomic E-state index is 0.158. The Kier molecular flexibility index (Phi) is 5.23. The van der Waals surface area contributed by atoms with Crippen LogP contribution in [0.25, 0.3) is 0 Å². The second-order valence-electron chi connectivity index (χ2n) is 4.80. The first-order chi connectivity index (χ1) is 8.09. The summed E-state index contributed by atoms with van der Waals surface area (Å²) in [5.41, 5.74) is 1.35. The predicted molar refractivity (Wildman–Crippen MR) is 73.3 cm³/mol. The molecule has 0 spiro atoms. The fourth-order valence-corrected chi connectivity index (χ4v) is 1.40. The molecule has 0 aliphatic heterocycles. The molecule has 0 amide bonds. The molecule has 1 rings (SSSR count). The fourth-order valence-electron chi connectivity index (χ4n) is 1.40. The van der Waals surface area contributed by atoms with Gasteiger partial charge in [-0.3, -0.25) is 0 Å². The maximum absolute atomic E-state index is 5.63. The van der Waals surface area contributed by atoms with Gasteiger partial charge in [-0.25, -0.2) is 0 Å². The summed E-state index contributed by atoms with van der Waals surface area (Å²) in [5, 5.41) is 3.54. The van der Waals surface area contributed by atoms with Crippen LogP contribution in [-0.4, -0.2) is 12.1 Å². The summed E-state index contributed by atoms with van der Waals surface area (Å²) in [5.74, 6) is 0.937. The first-order valence-electron chi connectivity index (χ1n) is 6.15. The largest absolute Gasteiger partial charge is 0.489 e. The Balaban J connectivity index is 2.66. The average Bonchev–Trinajstić information content (AvgIpc) is 2.35. The molecule has 2 heteroatoms. The average molecular weight is 233 g/mol. The summed E-state index contributed by atoms with van der Waals surface area (Å²) in [6.45, 7) is 11.6. The number of rotatable bonds is 7. The quantitative estimate of drug-likeness (QED) is 0.727. The van der Waals surface area contributed by atoms with Crippen LogP contribution in [0.3, 0.4) is 0 Å². The lowest BCUT2D eigenvalue weighted by molar-refractivity contribution is 0.345. The van der Waals surface area contributed by atoms with Crippen molar-refractivity contribution in [3.05, 3.63) is 42.5 Å². The summed E-state index contributed by atoms with van der Waals surface area (Å²) < 4.78 is 5.63. The summed E-state index contributed by atoms with van der Waals surface area (Å²) in [4.78, 5) is 0. The summed E-state index contributed by atoms with van der Waals surface area (Å²) in [6, 6.07) is 8.13. The van der Waals surface area contributed by atoms with Crippen molar-refractivity contribution in [2.45, 2.75) is 39.3 Å². The zero-order chi connectivity index (χ0) is 12.7. The maximum atomic E-state index is 5.63. The smallest absolute Gasteiger partial charge is 0.124 e. The number of hydrogen-bond donors (Lipinski definition) is 1. The number of para-hydroxylation sites is 1. The van der Waals surface area contributed by atoms with E-state index in [0.29, 0.717) is 6.61 Å². The second kappa shape index (κ2) is 6.45. The van der Waals surface area contributed by atoms with Crippen LogP contribution in [0.4, 0.5) is 0 Å². The highest BCUT2D eigenvalue weighted by Gasteiger charge is 2.14. The van der Waals surface area contributed by atoms with Crippen molar-refractivity contribution < 1.29 is 4.74 Å². The maximum Gasteiger partial charge on any atom is 0.124 e. The number of hydrogen-bond acceptors (Lipinski definition) is 2. The normalized spacial score (nSPS) is 11.2. The number of nitrogens with one attached hydrogen (secondary N) is 1. The minimum atomic E-state index is 0.158. The first-order valence-corrected chi connectivity index (χ1v) is 6.15. The summed E-state index contributed by atoms with van der Waals surface area (Å²) in [7, 11) is 0. The van der Waals surface area contributed by atoms with Crippen LogP contribution >= 0.6 is 0 Å². The van der Waals surface area contributed by atoms with Gasteiger partial charge < -0.3 is 10.1 Å². The van der Waals surface area contributed by atoms with Crippen molar-refractivity contribution in [3.63, 3.8) is 0 Å². The van der Waals surface area contributed by atoms with Gasteiger partial charge in [0.2, 0.25) is 0 Å². The Morgan fingerprint density at radius 2 is 2.06 bits per heavy atom. The zero-order valence-corrected chi connectivity index (χ0v) is 11.1. The first kappa shape index (κ1) is 13.8. The highest BCUT2D eigenvalue weighted by atomic mass is 16.5. The van der Waals surface area contributed by atoms with Crippen LogP contribution in [0.5, 0.6) is 5.75 Å². The second-order valence-corrected chi connectivity index (χ2v) is 4.80. The Morgan fingerprint density at radius 3 is 2.71 bits per heavy atom. The molecule has 0 atom stereocenters. The highest BCUT2D eigenvalue weighted by molar-refractivity contribution is 5.33. The van der Waals surface area contributed by atoms with Gasteiger partial charge in [0, 0.05) is 17.6 Å². The third-order valence-electron chi connectivity index (χ3n) is 2.97. The molecule has 0 aliphatic rings. The Labute approximate surface area is 105 Å². The highest BCUT2D eigenvalue weighted by Crippen LogP contribution is 2.19. The fraction of sp³-hybridized carbons (Fsp3) is 0.467. The Morgan fingerprint density at radius 1 is 1.35 bits per heavy atom. The summed E-state index contributed by atoms with van der Waals surface area (Å²) in [6.07, 6.45) is 2.86. The molecule has 17 heavy (non-hydrogen) atoms. The van der Waals surface area contributed by atoms with Gasteiger partial charge in [-0.15, -0.1) is 0 Å². The van der Waals surface area contributed by atoms with Gasteiger partial charge >= 0.3 is 0 Å². The van der Waals surface area contributed by atoms with Gasteiger partial charge in [0.1, 0.15) is 12.4 Å². The van der Waals surface area contributed by atoms with Gasteiger partial charge in [0.25, 0.3) is 0 Å². The van der Waals surface area contributed by atoms with Gasteiger partial charge in [-0.2, -0.15) is 0 Å². The molecule has 2 nitrogen and oxygen atoms in total. The molecule has 0 heterocycles. The van der Waals surface area contributed by atoms with Crippen molar-refractivity contribution in [1.82, 2.24) is 5.32 Å². The molecule has 0 saturated carbocycles. The van der Waals surface area contributed by atoms with Crippen LogP contribution in [0.2, 0.25) is 0 Å². The molecule has 0 aromatic heterocycles. The third kappa shape index (κ3) is 4.61. The SMILES string of the molecule is C=CCOc1ccccc1CNC(C)(C)CC. The summed E-state index contributed by atoms with van der Waals surface area (Å²) >= 11 is 0. The van der Waals surface area contributed by atoms with E-state index in [1.165, 1.54) is 5.56 Å². The van der Waals surface area contributed by atoms with Crippen molar-refractivity contribution in [3.8, 4) is 5.75 Å². The van der Waals surface area contributed by atoms with E-state index >= 15 is 0 Å². The number of benzene rings is 1. The lowest BCUT2D eigenvalue weighted by Crippen LogP contribution is -2.37. The molecule has 1 N–H and O–H groups in total. The van der Waals surface area contributed by atoms with Crippen LogP contribution in [0, 0.1) is 0 Å².